The molecular weight excluding hydrogens is 195 g/mol. The van der Waals surface area contributed by atoms with E-state index in [0.29, 0.717) is 19.0 Å². The van der Waals surface area contributed by atoms with Gasteiger partial charge in [0.05, 0.1) is 6.04 Å². The molecule has 0 aromatic heterocycles. The van der Waals surface area contributed by atoms with Crippen molar-refractivity contribution >= 4 is 5.91 Å². The Morgan fingerprint density at radius 2 is 2.00 bits per heavy atom. The Kier molecular flexibility index (Phi) is 3.57. The minimum atomic E-state index is -0.855. The average Bonchev–Trinajstić information content (AvgIpc) is 2.66. The second-order valence-electron chi connectivity index (χ2n) is 4.64. The van der Waals surface area contributed by atoms with Gasteiger partial charge in [0.1, 0.15) is 6.17 Å². The standard InChI is InChI=1S/C11H19FN2O/c12-8-6-10(13-7-8)11(15)14-9-4-2-1-3-5-9/h8-10,13H,1-7H2,(H,14,15)/t8-,10+/m0/s1. The lowest BCUT2D eigenvalue weighted by Crippen LogP contribution is -2.45. The number of hydrogen-bond acceptors (Lipinski definition) is 2. The van der Waals surface area contributed by atoms with Crippen molar-refractivity contribution in [3.8, 4) is 0 Å². The molecule has 2 atom stereocenters. The molecule has 1 aliphatic heterocycles. The fraction of sp³-hybridized carbons (Fsp3) is 0.909. The molecule has 2 fully saturated rings. The number of amides is 1. The van der Waals surface area contributed by atoms with Crippen molar-refractivity contribution in [2.75, 3.05) is 6.54 Å². The predicted octanol–water partition coefficient (Wildman–Crippen LogP) is 1.14. The van der Waals surface area contributed by atoms with E-state index in [2.05, 4.69) is 10.6 Å². The molecule has 4 heteroatoms. The Morgan fingerprint density at radius 3 is 2.60 bits per heavy atom. The van der Waals surface area contributed by atoms with E-state index in [-0.39, 0.29) is 11.9 Å². The first-order chi connectivity index (χ1) is 7.25. The molecule has 1 saturated carbocycles. The first kappa shape index (κ1) is 10.9. The molecule has 1 aliphatic carbocycles. The van der Waals surface area contributed by atoms with E-state index in [4.69, 9.17) is 0 Å². The van der Waals surface area contributed by atoms with Crippen LogP contribution in [0, 0.1) is 0 Å². The van der Waals surface area contributed by atoms with Crippen molar-refractivity contribution in [2.24, 2.45) is 0 Å². The zero-order valence-corrected chi connectivity index (χ0v) is 8.97. The number of hydrogen-bond donors (Lipinski definition) is 2. The lowest BCUT2D eigenvalue weighted by Gasteiger charge is -2.24. The zero-order chi connectivity index (χ0) is 10.7. The highest BCUT2D eigenvalue weighted by atomic mass is 19.1. The van der Waals surface area contributed by atoms with Gasteiger partial charge in [0.15, 0.2) is 0 Å². The quantitative estimate of drug-likeness (QED) is 0.723. The van der Waals surface area contributed by atoms with Crippen LogP contribution in [0.15, 0.2) is 0 Å². The molecule has 0 radical (unpaired) electrons. The van der Waals surface area contributed by atoms with Gasteiger partial charge in [0, 0.05) is 19.0 Å². The molecular formula is C11H19FN2O. The highest BCUT2D eigenvalue weighted by molar-refractivity contribution is 5.82. The summed E-state index contributed by atoms with van der Waals surface area (Å²) in [5.41, 5.74) is 0. The number of nitrogens with one attached hydrogen (secondary N) is 2. The maximum atomic E-state index is 12.9. The van der Waals surface area contributed by atoms with Gasteiger partial charge in [-0.05, 0) is 12.8 Å². The van der Waals surface area contributed by atoms with Crippen molar-refractivity contribution in [3.05, 3.63) is 0 Å². The van der Waals surface area contributed by atoms with Crippen LogP contribution in [0.1, 0.15) is 38.5 Å². The van der Waals surface area contributed by atoms with Crippen LogP contribution in [0.2, 0.25) is 0 Å². The Labute approximate surface area is 89.8 Å². The van der Waals surface area contributed by atoms with Gasteiger partial charge in [-0.3, -0.25) is 4.79 Å². The van der Waals surface area contributed by atoms with Crippen LogP contribution in [0.25, 0.3) is 0 Å². The van der Waals surface area contributed by atoms with Gasteiger partial charge in [-0.1, -0.05) is 19.3 Å². The Hall–Kier alpha value is -0.640. The fourth-order valence-corrected chi connectivity index (χ4v) is 2.44. The topological polar surface area (TPSA) is 41.1 Å². The highest BCUT2D eigenvalue weighted by Gasteiger charge is 2.30. The summed E-state index contributed by atoms with van der Waals surface area (Å²) in [4.78, 5) is 11.7. The second-order valence-corrected chi connectivity index (χ2v) is 4.64. The first-order valence-electron chi connectivity index (χ1n) is 5.93. The van der Waals surface area contributed by atoms with Crippen LogP contribution in [0.5, 0.6) is 0 Å². The fourth-order valence-electron chi connectivity index (χ4n) is 2.44. The number of carbonyl (C=O) groups excluding carboxylic acids is 1. The van der Waals surface area contributed by atoms with Gasteiger partial charge in [0.2, 0.25) is 5.91 Å². The molecule has 0 spiro atoms. The van der Waals surface area contributed by atoms with Crippen LogP contribution in [-0.2, 0) is 4.79 Å². The lowest BCUT2D eigenvalue weighted by atomic mass is 9.95. The maximum absolute atomic E-state index is 12.9. The van der Waals surface area contributed by atoms with E-state index in [9.17, 15) is 9.18 Å². The molecule has 0 bridgehead atoms. The summed E-state index contributed by atoms with van der Waals surface area (Å²) in [5.74, 6) is -0.0120. The smallest absolute Gasteiger partial charge is 0.237 e. The minimum Gasteiger partial charge on any atom is -0.352 e. The number of alkyl halides is 1. The van der Waals surface area contributed by atoms with Gasteiger partial charge < -0.3 is 10.6 Å². The first-order valence-corrected chi connectivity index (χ1v) is 5.93. The summed E-state index contributed by atoms with van der Waals surface area (Å²) in [5, 5.41) is 5.92. The molecule has 1 heterocycles. The SMILES string of the molecule is O=C(NC1CCCCC1)[C@H]1C[C@H](F)CN1. The van der Waals surface area contributed by atoms with E-state index < -0.39 is 6.17 Å². The summed E-state index contributed by atoms with van der Waals surface area (Å²) >= 11 is 0. The monoisotopic (exact) mass is 214 g/mol. The van der Waals surface area contributed by atoms with E-state index in [1.807, 2.05) is 0 Å². The molecule has 3 nitrogen and oxygen atoms in total. The lowest BCUT2D eigenvalue weighted by molar-refractivity contribution is -0.123. The van der Waals surface area contributed by atoms with E-state index in [1.165, 1.54) is 19.3 Å². The van der Waals surface area contributed by atoms with Gasteiger partial charge in [-0.25, -0.2) is 4.39 Å². The number of halogens is 1. The van der Waals surface area contributed by atoms with E-state index in [0.717, 1.165) is 12.8 Å². The van der Waals surface area contributed by atoms with Crippen LogP contribution in [0.3, 0.4) is 0 Å². The molecule has 2 N–H and O–H groups in total. The Bertz CT molecular complexity index is 229. The molecule has 2 rings (SSSR count). The van der Waals surface area contributed by atoms with Crippen LogP contribution in [0.4, 0.5) is 4.39 Å². The van der Waals surface area contributed by atoms with E-state index >= 15 is 0 Å². The molecule has 1 amide bonds. The third-order valence-electron chi connectivity index (χ3n) is 3.35. The Morgan fingerprint density at radius 1 is 1.27 bits per heavy atom. The van der Waals surface area contributed by atoms with Gasteiger partial charge in [0.25, 0.3) is 0 Å². The summed E-state index contributed by atoms with van der Waals surface area (Å²) in [7, 11) is 0. The average molecular weight is 214 g/mol. The van der Waals surface area contributed by atoms with Gasteiger partial charge >= 0.3 is 0 Å². The van der Waals surface area contributed by atoms with Crippen molar-refractivity contribution in [2.45, 2.75) is 56.8 Å². The van der Waals surface area contributed by atoms with Crippen LogP contribution in [-0.4, -0.2) is 30.7 Å². The molecule has 15 heavy (non-hydrogen) atoms. The number of carbonyl (C=O) groups is 1. The van der Waals surface area contributed by atoms with Crippen molar-refractivity contribution < 1.29 is 9.18 Å². The van der Waals surface area contributed by atoms with Crippen LogP contribution < -0.4 is 10.6 Å². The molecule has 0 aromatic carbocycles. The third kappa shape index (κ3) is 2.91. The molecule has 1 saturated heterocycles. The van der Waals surface area contributed by atoms with Gasteiger partial charge in [-0.15, -0.1) is 0 Å². The predicted molar refractivity (Wildman–Crippen MR) is 56.3 cm³/mol. The molecule has 0 aromatic rings. The van der Waals surface area contributed by atoms with Crippen molar-refractivity contribution in [1.82, 2.24) is 10.6 Å². The van der Waals surface area contributed by atoms with E-state index in [1.54, 1.807) is 0 Å². The summed E-state index contributed by atoms with van der Waals surface area (Å²) in [6, 6.07) is 0.0219. The Balaban J connectivity index is 1.76. The van der Waals surface area contributed by atoms with Gasteiger partial charge in [-0.2, -0.15) is 0 Å². The summed E-state index contributed by atoms with van der Waals surface area (Å²) < 4.78 is 12.9. The zero-order valence-electron chi connectivity index (χ0n) is 8.97. The second kappa shape index (κ2) is 4.92. The molecule has 86 valence electrons. The summed E-state index contributed by atoms with van der Waals surface area (Å²) in [6.07, 6.45) is 5.32. The van der Waals surface area contributed by atoms with Crippen LogP contribution >= 0.6 is 0 Å². The summed E-state index contributed by atoms with van der Waals surface area (Å²) in [6.45, 7) is 0.322. The molecule has 0 unspecified atom stereocenters. The third-order valence-corrected chi connectivity index (χ3v) is 3.35. The maximum Gasteiger partial charge on any atom is 0.237 e. The largest absolute Gasteiger partial charge is 0.352 e. The molecule has 2 aliphatic rings. The highest BCUT2D eigenvalue weighted by Crippen LogP contribution is 2.18. The van der Waals surface area contributed by atoms with Crippen molar-refractivity contribution in [1.29, 1.82) is 0 Å². The number of rotatable bonds is 2. The normalized spacial score (nSPS) is 32.9. The minimum absolute atomic E-state index is 0.0120. The van der Waals surface area contributed by atoms with Crippen molar-refractivity contribution in [3.63, 3.8) is 0 Å².